The summed E-state index contributed by atoms with van der Waals surface area (Å²) < 4.78 is 42.9. The third-order valence-corrected chi connectivity index (χ3v) is 16.9. The van der Waals surface area contributed by atoms with Crippen molar-refractivity contribution in [2.75, 3.05) is 26.4 Å². The molecule has 2 saturated heterocycles. The van der Waals surface area contributed by atoms with Gasteiger partial charge >= 0.3 is 35.8 Å². The minimum absolute atomic E-state index is 0.0535. The first-order valence-electron chi connectivity index (χ1n) is 35.2. The van der Waals surface area contributed by atoms with E-state index in [-0.39, 0.29) is 74.6 Å². The van der Waals surface area contributed by atoms with Crippen LogP contribution in [0.2, 0.25) is 0 Å². The molecule has 0 bridgehead atoms. The number of esters is 6. The van der Waals surface area contributed by atoms with Gasteiger partial charge in [-0.1, -0.05) is 168 Å². The smallest absolute Gasteiger partial charge is 0.306 e. The molecule has 0 spiro atoms. The molecule has 0 aromatic carbocycles. The van der Waals surface area contributed by atoms with Crippen molar-refractivity contribution in [3.05, 3.63) is 0 Å². The standard InChI is InChI=1S/C68H122O22/c1-3-5-7-27-37-51(87-59(73)45-35-43-57(71)85-49-53-61(75)63(77)65(79)67(81)89-53)39-29-21-15-9-11-17-23-31-41-55(69)83-47-33-25-19-13-14-20-26-34-48-84-56(70)42-32-24-18-12-10-16-22-30-40-52(38-28-8-6-4-2)88-60(74)46-36-44-58(72)86-50-54-62(76)64(78)66(80)68(82)90-54/h51-54,61-68,75-82H,3-50H2,1-2H3/t51-,52-,53?,54?,61+,62+,63+,64+,65?,66?,67-,68-/m1/s1. The fourth-order valence-electron chi connectivity index (χ4n) is 11.2. The van der Waals surface area contributed by atoms with Crippen LogP contribution in [0.5, 0.6) is 0 Å². The van der Waals surface area contributed by atoms with Crippen LogP contribution in [-0.2, 0) is 66.7 Å². The highest BCUT2D eigenvalue weighted by Gasteiger charge is 2.44. The monoisotopic (exact) mass is 1290 g/mol. The van der Waals surface area contributed by atoms with Crippen molar-refractivity contribution in [2.45, 2.75) is 370 Å². The quantitative estimate of drug-likeness (QED) is 0.0159. The molecule has 0 amide bonds. The van der Waals surface area contributed by atoms with E-state index in [1.165, 1.54) is 0 Å². The maximum Gasteiger partial charge on any atom is 0.306 e. The van der Waals surface area contributed by atoms with Crippen molar-refractivity contribution in [2.24, 2.45) is 0 Å². The highest BCUT2D eigenvalue weighted by Crippen LogP contribution is 2.24. The summed E-state index contributed by atoms with van der Waals surface area (Å²) in [5.41, 5.74) is 0. The summed E-state index contributed by atoms with van der Waals surface area (Å²) in [6.07, 6.45) is 22.3. The fourth-order valence-corrected chi connectivity index (χ4v) is 11.2. The second kappa shape index (κ2) is 53.8. The molecule has 2 fully saturated rings. The van der Waals surface area contributed by atoms with Crippen molar-refractivity contribution in [3.8, 4) is 0 Å². The Kier molecular flexibility index (Phi) is 49.3. The number of ether oxygens (including phenoxy) is 8. The molecule has 90 heavy (non-hydrogen) atoms. The molecule has 2 rings (SSSR count). The van der Waals surface area contributed by atoms with E-state index in [2.05, 4.69) is 13.8 Å². The molecule has 0 aromatic rings. The molecule has 2 aliphatic heterocycles. The average molecular weight is 1290 g/mol. The van der Waals surface area contributed by atoms with Crippen LogP contribution >= 0.6 is 0 Å². The van der Waals surface area contributed by atoms with Gasteiger partial charge in [-0.2, -0.15) is 0 Å². The van der Waals surface area contributed by atoms with E-state index in [9.17, 15) is 69.6 Å². The normalized spacial score (nSPS) is 22.3. The second-order valence-corrected chi connectivity index (χ2v) is 25.1. The third-order valence-electron chi connectivity index (χ3n) is 16.9. The molecule has 4 unspecified atom stereocenters. The van der Waals surface area contributed by atoms with E-state index in [4.69, 9.17) is 37.9 Å². The first kappa shape index (κ1) is 82.5. The molecule has 0 aromatic heterocycles. The Morgan fingerprint density at radius 3 is 0.867 bits per heavy atom. The lowest BCUT2D eigenvalue weighted by Gasteiger charge is -2.37. The van der Waals surface area contributed by atoms with Crippen LogP contribution in [0.15, 0.2) is 0 Å². The predicted molar refractivity (Wildman–Crippen MR) is 336 cm³/mol. The van der Waals surface area contributed by atoms with Gasteiger partial charge in [0.15, 0.2) is 12.6 Å². The predicted octanol–water partition coefficient (Wildman–Crippen LogP) is 9.79. The molecule has 8 N–H and O–H groups in total. The van der Waals surface area contributed by atoms with Crippen molar-refractivity contribution in [3.63, 3.8) is 0 Å². The summed E-state index contributed by atoms with van der Waals surface area (Å²) in [7, 11) is 0. The molecule has 22 heteroatoms. The summed E-state index contributed by atoms with van der Waals surface area (Å²) in [5, 5.41) is 78.2. The van der Waals surface area contributed by atoms with E-state index >= 15 is 0 Å². The summed E-state index contributed by atoms with van der Waals surface area (Å²) in [5.74, 6) is -2.18. The molecule has 12 atom stereocenters. The lowest BCUT2D eigenvalue weighted by atomic mass is 9.99. The molecule has 0 saturated carbocycles. The van der Waals surface area contributed by atoms with Gasteiger partial charge in [0.2, 0.25) is 0 Å². The fraction of sp³-hybridized carbons (Fsp3) is 0.912. The van der Waals surface area contributed by atoms with Gasteiger partial charge in [-0.25, -0.2) is 0 Å². The molecule has 0 aliphatic carbocycles. The van der Waals surface area contributed by atoms with Crippen LogP contribution in [0.4, 0.5) is 0 Å². The van der Waals surface area contributed by atoms with E-state index < -0.39 is 86.6 Å². The average Bonchev–Trinajstić information content (AvgIpc) is 1.43. The number of rotatable bonds is 57. The zero-order valence-electron chi connectivity index (χ0n) is 55.2. The molecule has 0 radical (unpaired) electrons. The zero-order chi connectivity index (χ0) is 66.0. The van der Waals surface area contributed by atoms with Gasteiger partial charge in [-0.05, 0) is 89.9 Å². The Bertz CT molecular complexity index is 1710. The number of hydrogen-bond donors (Lipinski definition) is 8. The SMILES string of the molecule is CCCCCC[C@H](CCCCCCCCCCC(=O)OCCCCCCCCCCOC(=O)CCCCCCCCCC[C@@H](CCCCCC)OC(=O)CCCC(=O)OCC1O[C@@H](O)C(O)[C@@H](O)[C@H]1O)OC(=O)CCCC(=O)OCC1O[C@@H](O)C(O)[C@@H](O)[C@H]1O. The van der Waals surface area contributed by atoms with Gasteiger partial charge in [0.25, 0.3) is 0 Å². The maximum absolute atomic E-state index is 12.7. The van der Waals surface area contributed by atoms with Gasteiger partial charge < -0.3 is 78.7 Å². The lowest BCUT2D eigenvalue weighted by molar-refractivity contribution is -0.287. The number of carbonyl (C=O) groups is 6. The number of unbranched alkanes of at least 4 members (excludes halogenated alkanes) is 27. The van der Waals surface area contributed by atoms with Crippen LogP contribution in [0.1, 0.15) is 296 Å². The van der Waals surface area contributed by atoms with Gasteiger partial charge in [0, 0.05) is 38.5 Å². The molecule has 22 nitrogen and oxygen atoms in total. The first-order chi connectivity index (χ1) is 43.5. The molecular formula is C68H122O22. The number of hydrogen-bond acceptors (Lipinski definition) is 22. The Morgan fingerprint density at radius 1 is 0.289 bits per heavy atom. The van der Waals surface area contributed by atoms with E-state index in [1.807, 2.05) is 0 Å². The van der Waals surface area contributed by atoms with Crippen molar-refractivity contribution in [1.82, 2.24) is 0 Å². The molecule has 2 heterocycles. The minimum Gasteiger partial charge on any atom is -0.466 e. The van der Waals surface area contributed by atoms with Crippen LogP contribution in [0.25, 0.3) is 0 Å². The summed E-state index contributed by atoms with van der Waals surface area (Å²) in [6.45, 7) is 4.42. The summed E-state index contributed by atoms with van der Waals surface area (Å²) >= 11 is 0. The Morgan fingerprint density at radius 2 is 0.544 bits per heavy atom. The maximum atomic E-state index is 12.7. The van der Waals surface area contributed by atoms with Crippen LogP contribution in [-0.4, -0.2) is 177 Å². The zero-order valence-corrected chi connectivity index (χ0v) is 55.2. The van der Waals surface area contributed by atoms with E-state index in [0.717, 1.165) is 231 Å². The topological polar surface area (TPSA) is 338 Å². The number of aliphatic hydroxyl groups is 8. The molecular weight excluding hydrogens is 1170 g/mol. The largest absolute Gasteiger partial charge is 0.466 e. The van der Waals surface area contributed by atoms with Gasteiger partial charge in [0.1, 0.15) is 74.3 Å². The highest BCUT2D eigenvalue weighted by molar-refractivity contribution is 5.73. The Labute approximate surface area is 537 Å². The Balaban J connectivity index is 1.37. The molecule has 2 aliphatic rings. The highest BCUT2D eigenvalue weighted by atomic mass is 16.7. The van der Waals surface area contributed by atoms with Crippen molar-refractivity contribution >= 4 is 35.8 Å². The van der Waals surface area contributed by atoms with Crippen LogP contribution < -0.4 is 0 Å². The van der Waals surface area contributed by atoms with Gasteiger partial charge in [-0.3, -0.25) is 28.8 Å². The van der Waals surface area contributed by atoms with Crippen molar-refractivity contribution in [1.29, 1.82) is 0 Å². The lowest BCUT2D eigenvalue weighted by Crippen LogP contribution is -2.58. The molecule has 526 valence electrons. The minimum atomic E-state index is -1.72. The third kappa shape index (κ3) is 41.2. The number of aliphatic hydroxyl groups excluding tert-OH is 8. The van der Waals surface area contributed by atoms with Crippen LogP contribution in [0.3, 0.4) is 0 Å². The van der Waals surface area contributed by atoms with Crippen molar-refractivity contribution < 1.29 is 108 Å². The van der Waals surface area contributed by atoms with Crippen LogP contribution in [0, 0.1) is 0 Å². The van der Waals surface area contributed by atoms with E-state index in [1.54, 1.807) is 0 Å². The number of carbonyl (C=O) groups excluding carboxylic acids is 6. The first-order valence-corrected chi connectivity index (χ1v) is 35.2. The van der Waals surface area contributed by atoms with Gasteiger partial charge in [-0.15, -0.1) is 0 Å². The second-order valence-electron chi connectivity index (χ2n) is 25.1. The summed E-state index contributed by atoms with van der Waals surface area (Å²) in [6, 6.07) is 0. The summed E-state index contributed by atoms with van der Waals surface area (Å²) in [4.78, 5) is 74.4. The van der Waals surface area contributed by atoms with E-state index in [0.29, 0.717) is 26.1 Å². The van der Waals surface area contributed by atoms with Gasteiger partial charge in [0.05, 0.1) is 13.2 Å². The Hall–Kier alpha value is -3.58.